The monoisotopic (exact) mass is 386 g/mol. The Morgan fingerprint density at radius 1 is 1.07 bits per heavy atom. The Balaban J connectivity index is 1.92. The van der Waals surface area contributed by atoms with Gasteiger partial charge in [0.05, 0.1) is 18.0 Å². The second-order valence-corrected chi connectivity index (χ2v) is 7.42. The standard InChI is InChI=1S/C23H19N3O3/c1-3-26-21-18(22(28)25-23(26)29)16(13-10-8-12(2)9-11-13)17-19(24-21)14-6-4-5-7-15(14)20(17)27/h4-11,16,27H,3H2,1-2H3,(H,25,28,29)/p+1. The molecule has 1 unspecified atom stereocenters. The summed E-state index contributed by atoms with van der Waals surface area (Å²) in [6.45, 7) is 4.27. The summed E-state index contributed by atoms with van der Waals surface area (Å²) in [5.74, 6) is 0.152. The molecule has 29 heavy (non-hydrogen) atoms. The van der Waals surface area contributed by atoms with Crippen LogP contribution in [0.25, 0.3) is 5.76 Å². The molecular weight excluding hydrogens is 366 g/mol. The maximum absolute atomic E-state index is 12.9. The number of aryl methyl sites for hydroxylation is 1. The van der Waals surface area contributed by atoms with Gasteiger partial charge in [0.1, 0.15) is 17.0 Å². The summed E-state index contributed by atoms with van der Waals surface area (Å²) in [4.78, 5) is 31.1. The third-order valence-electron chi connectivity index (χ3n) is 5.76. The largest absolute Gasteiger partial charge is 0.507 e. The predicted molar refractivity (Wildman–Crippen MR) is 111 cm³/mol. The van der Waals surface area contributed by atoms with Crippen molar-refractivity contribution < 1.29 is 10.1 Å². The van der Waals surface area contributed by atoms with Crippen LogP contribution in [0.15, 0.2) is 63.7 Å². The van der Waals surface area contributed by atoms with E-state index in [1.54, 1.807) is 0 Å². The normalized spacial score (nSPS) is 16.9. The first kappa shape index (κ1) is 17.4. The van der Waals surface area contributed by atoms with Gasteiger partial charge in [0.15, 0.2) is 0 Å². The van der Waals surface area contributed by atoms with E-state index >= 15 is 0 Å². The number of H-pyrrole nitrogens is 1. The molecule has 3 N–H and O–H groups in total. The van der Waals surface area contributed by atoms with Crippen LogP contribution in [0.1, 0.15) is 40.7 Å². The molecule has 144 valence electrons. The number of allylic oxidation sites excluding steroid dienone is 1. The first-order chi connectivity index (χ1) is 14.0. The lowest BCUT2D eigenvalue weighted by Crippen LogP contribution is -2.72. The van der Waals surface area contributed by atoms with Crippen LogP contribution in [-0.4, -0.2) is 20.4 Å². The first-order valence-electron chi connectivity index (χ1n) is 9.62. The molecule has 1 aromatic heterocycles. The topological polar surface area (TPSA) is 89.1 Å². The Morgan fingerprint density at radius 3 is 2.45 bits per heavy atom. The van der Waals surface area contributed by atoms with Crippen LogP contribution in [0.2, 0.25) is 0 Å². The van der Waals surface area contributed by atoms with E-state index in [2.05, 4.69) is 9.98 Å². The van der Waals surface area contributed by atoms with Gasteiger partial charge in [0.25, 0.3) is 11.4 Å². The molecule has 2 aromatic carbocycles. The van der Waals surface area contributed by atoms with Crippen molar-refractivity contribution in [2.75, 3.05) is 0 Å². The number of rotatable bonds is 2. The van der Waals surface area contributed by atoms with Crippen LogP contribution in [0.4, 0.5) is 5.82 Å². The van der Waals surface area contributed by atoms with Gasteiger partial charge in [0.2, 0.25) is 0 Å². The number of aliphatic hydroxyl groups excluding tert-OH is 1. The number of hydrogen-bond donors (Lipinski definition) is 3. The second kappa shape index (κ2) is 6.17. The number of aromatic amines is 1. The molecule has 5 rings (SSSR count). The molecule has 0 fully saturated rings. The highest BCUT2D eigenvalue weighted by molar-refractivity contribution is 6.21. The number of hydrogen-bond acceptors (Lipinski definition) is 3. The average molecular weight is 386 g/mol. The van der Waals surface area contributed by atoms with Crippen LogP contribution in [0.5, 0.6) is 0 Å². The van der Waals surface area contributed by atoms with E-state index in [-0.39, 0.29) is 5.76 Å². The average Bonchev–Trinajstić information content (AvgIpc) is 3.00. The zero-order chi connectivity index (χ0) is 20.3. The highest BCUT2D eigenvalue weighted by Crippen LogP contribution is 2.43. The van der Waals surface area contributed by atoms with Gasteiger partial charge in [-0.2, -0.15) is 4.57 Å². The van der Waals surface area contributed by atoms with Crippen LogP contribution >= 0.6 is 0 Å². The second-order valence-electron chi connectivity index (χ2n) is 7.42. The van der Waals surface area contributed by atoms with Gasteiger partial charge in [-0.3, -0.25) is 9.78 Å². The summed E-state index contributed by atoms with van der Waals surface area (Å²) in [5.41, 5.74) is 4.52. The van der Waals surface area contributed by atoms with Crippen molar-refractivity contribution in [1.29, 1.82) is 0 Å². The van der Waals surface area contributed by atoms with E-state index in [1.807, 2.05) is 62.4 Å². The lowest BCUT2D eigenvalue weighted by molar-refractivity contribution is -0.364. The number of aromatic nitrogens is 2. The molecule has 2 aliphatic rings. The van der Waals surface area contributed by atoms with E-state index in [0.717, 1.165) is 28.0 Å². The van der Waals surface area contributed by atoms with E-state index in [4.69, 9.17) is 0 Å². The van der Waals surface area contributed by atoms with E-state index in [1.165, 1.54) is 4.57 Å². The Labute approximate surface area is 166 Å². The SMILES string of the molecule is CCn1c2c(c(=O)[nH]c1=O)C(c1ccc(C)cc1)C1=C(O)c3ccccc3C1=[NH+]2. The maximum atomic E-state index is 12.9. The van der Waals surface area contributed by atoms with Gasteiger partial charge in [-0.05, 0) is 25.5 Å². The third kappa shape index (κ3) is 2.38. The fourth-order valence-electron chi connectivity index (χ4n) is 4.38. The minimum absolute atomic E-state index is 0.160. The molecule has 6 heteroatoms. The molecule has 0 saturated heterocycles. The summed E-state index contributed by atoms with van der Waals surface area (Å²) >= 11 is 0. The van der Waals surface area contributed by atoms with Gasteiger partial charge in [-0.1, -0.05) is 48.0 Å². The van der Waals surface area contributed by atoms with E-state index in [9.17, 15) is 14.7 Å². The molecule has 3 aromatic rings. The number of aliphatic hydroxyl groups is 1. The molecule has 0 spiro atoms. The van der Waals surface area contributed by atoms with Crippen molar-refractivity contribution in [2.45, 2.75) is 26.3 Å². The van der Waals surface area contributed by atoms with Gasteiger partial charge < -0.3 is 5.11 Å². The van der Waals surface area contributed by atoms with Crippen molar-refractivity contribution in [3.63, 3.8) is 0 Å². The zero-order valence-corrected chi connectivity index (χ0v) is 16.1. The lowest BCUT2D eigenvalue weighted by atomic mass is 9.81. The number of fused-ring (bicyclic) bond motifs is 4. The van der Waals surface area contributed by atoms with Crippen LogP contribution in [0, 0.1) is 6.92 Å². The smallest absolute Gasteiger partial charge is 0.415 e. The van der Waals surface area contributed by atoms with Crippen molar-refractivity contribution in [3.05, 3.63) is 103 Å². The first-order valence-corrected chi connectivity index (χ1v) is 9.62. The zero-order valence-electron chi connectivity index (χ0n) is 16.1. The minimum atomic E-state index is -0.489. The van der Waals surface area contributed by atoms with E-state index < -0.39 is 17.2 Å². The molecule has 0 amide bonds. The summed E-state index contributed by atoms with van der Waals surface area (Å²) in [5, 5.41) is 11.1. The quantitative estimate of drug-likeness (QED) is 0.624. The Morgan fingerprint density at radius 2 is 1.76 bits per heavy atom. The molecule has 0 radical (unpaired) electrons. The summed E-state index contributed by atoms with van der Waals surface area (Å²) in [6.07, 6.45) is 0. The van der Waals surface area contributed by atoms with Gasteiger partial charge in [-0.15, -0.1) is 0 Å². The van der Waals surface area contributed by atoms with Crippen LogP contribution in [0.3, 0.4) is 0 Å². The number of nitrogens with one attached hydrogen (secondary N) is 2. The summed E-state index contributed by atoms with van der Waals surface area (Å²) in [7, 11) is 0. The Hall–Kier alpha value is -3.67. The van der Waals surface area contributed by atoms with Gasteiger partial charge in [-0.25, -0.2) is 9.79 Å². The Kier molecular flexibility index (Phi) is 3.71. The van der Waals surface area contributed by atoms with Crippen molar-refractivity contribution in [3.8, 4) is 0 Å². The van der Waals surface area contributed by atoms with Gasteiger partial charge >= 0.3 is 5.69 Å². The molecule has 6 nitrogen and oxygen atoms in total. The van der Waals surface area contributed by atoms with Gasteiger partial charge in [0, 0.05) is 11.1 Å². The molecular formula is C23H20N3O3+. The molecule has 1 atom stereocenters. The molecule has 0 bridgehead atoms. The maximum Gasteiger partial charge on any atom is 0.415 e. The highest BCUT2D eigenvalue weighted by Gasteiger charge is 2.44. The summed E-state index contributed by atoms with van der Waals surface area (Å²) < 4.78 is 1.53. The minimum Gasteiger partial charge on any atom is -0.507 e. The molecule has 0 saturated carbocycles. The fraction of sp³-hybridized carbons (Fsp3) is 0.174. The Bertz CT molecular complexity index is 1340. The van der Waals surface area contributed by atoms with Crippen molar-refractivity contribution in [2.24, 2.45) is 0 Å². The highest BCUT2D eigenvalue weighted by atomic mass is 16.3. The van der Waals surface area contributed by atoms with Crippen molar-refractivity contribution in [1.82, 2.24) is 9.55 Å². The van der Waals surface area contributed by atoms with Crippen LogP contribution < -0.4 is 16.2 Å². The summed E-state index contributed by atoms with van der Waals surface area (Å²) in [6, 6.07) is 15.5. The molecule has 1 aliphatic carbocycles. The predicted octanol–water partition coefficient (Wildman–Crippen LogP) is 1.49. The van der Waals surface area contributed by atoms with Crippen LogP contribution in [-0.2, 0) is 6.54 Å². The number of nitrogens with zero attached hydrogens (tertiary/aromatic N) is 1. The lowest BCUT2D eigenvalue weighted by Gasteiger charge is -2.23. The number of benzene rings is 2. The fourth-order valence-corrected chi connectivity index (χ4v) is 4.38. The van der Waals surface area contributed by atoms with E-state index in [0.29, 0.717) is 23.5 Å². The third-order valence-corrected chi connectivity index (χ3v) is 5.76. The molecule has 2 heterocycles. The molecule has 1 aliphatic heterocycles. The van der Waals surface area contributed by atoms with Crippen molar-refractivity contribution >= 4 is 17.3 Å².